The molecule has 118 valence electrons. The zero-order chi connectivity index (χ0) is 15.6. The fourth-order valence-electron chi connectivity index (χ4n) is 2.66. The van der Waals surface area contributed by atoms with Gasteiger partial charge in [-0.15, -0.1) is 0 Å². The largest absolute Gasteiger partial charge is 0.385 e. The second-order valence-electron chi connectivity index (χ2n) is 5.71. The molecule has 0 aliphatic carbocycles. The first-order valence-corrected chi connectivity index (χ1v) is 7.95. The molecule has 3 nitrogen and oxygen atoms in total. The van der Waals surface area contributed by atoms with Crippen molar-refractivity contribution in [1.29, 1.82) is 0 Å². The Bertz CT molecular complexity index is 515. The molecule has 0 radical (unpaired) electrons. The highest BCUT2D eigenvalue weighted by Gasteiger charge is 2.12. The minimum Gasteiger partial charge on any atom is -0.385 e. The van der Waals surface area contributed by atoms with Crippen molar-refractivity contribution < 1.29 is 4.74 Å². The lowest BCUT2D eigenvalue weighted by Crippen LogP contribution is -2.29. The van der Waals surface area contributed by atoms with E-state index in [1.807, 2.05) is 12.3 Å². The van der Waals surface area contributed by atoms with Gasteiger partial charge in [-0.2, -0.15) is 0 Å². The molecular formula is C19H26N2O. The Labute approximate surface area is 134 Å². The highest BCUT2D eigenvalue weighted by molar-refractivity contribution is 5.19. The van der Waals surface area contributed by atoms with Crippen molar-refractivity contribution in [1.82, 2.24) is 9.88 Å². The second-order valence-corrected chi connectivity index (χ2v) is 5.71. The van der Waals surface area contributed by atoms with E-state index in [0.29, 0.717) is 5.92 Å². The summed E-state index contributed by atoms with van der Waals surface area (Å²) in [5.74, 6) is 0.507. The standard InChI is InChI=1S/C19H26N2O/c1-17(18-9-4-3-5-10-18)15-21(13-8-14-22-2)16-19-11-6-7-12-20-19/h3-7,9-12,17H,8,13-16H2,1-2H3. The minimum absolute atomic E-state index is 0.507. The molecule has 1 atom stereocenters. The summed E-state index contributed by atoms with van der Waals surface area (Å²) in [6, 6.07) is 16.8. The summed E-state index contributed by atoms with van der Waals surface area (Å²) in [6.45, 7) is 6.04. The van der Waals surface area contributed by atoms with Gasteiger partial charge in [0.15, 0.2) is 0 Å². The quantitative estimate of drug-likeness (QED) is 0.660. The van der Waals surface area contributed by atoms with Crippen LogP contribution in [0.2, 0.25) is 0 Å². The number of pyridine rings is 1. The van der Waals surface area contributed by atoms with Crippen LogP contribution in [-0.4, -0.2) is 36.7 Å². The molecule has 0 N–H and O–H groups in total. The van der Waals surface area contributed by atoms with Gasteiger partial charge in [-0.1, -0.05) is 43.3 Å². The predicted octanol–water partition coefficient (Wildman–Crippen LogP) is 3.72. The maximum atomic E-state index is 5.19. The summed E-state index contributed by atoms with van der Waals surface area (Å²) in [7, 11) is 1.76. The molecule has 0 fully saturated rings. The first-order valence-electron chi connectivity index (χ1n) is 7.95. The number of methoxy groups -OCH3 is 1. The van der Waals surface area contributed by atoms with Crippen LogP contribution >= 0.6 is 0 Å². The van der Waals surface area contributed by atoms with E-state index in [-0.39, 0.29) is 0 Å². The van der Waals surface area contributed by atoms with Gasteiger partial charge in [-0.3, -0.25) is 9.88 Å². The smallest absolute Gasteiger partial charge is 0.0543 e. The van der Waals surface area contributed by atoms with E-state index in [1.54, 1.807) is 7.11 Å². The summed E-state index contributed by atoms with van der Waals surface area (Å²) >= 11 is 0. The van der Waals surface area contributed by atoms with E-state index in [0.717, 1.165) is 38.4 Å². The van der Waals surface area contributed by atoms with Gasteiger partial charge in [0.1, 0.15) is 0 Å². The van der Waals surface area contributed by atoms with Crippen molar-refractivity contribution >= 4 is 0 Å². The average molecular weight is 298 g/mol. The molecule has 3 heteroatoms. The van der Waals surface area contributed by atoms with Crippen LogP contribution in [0.3, 0.4) is 0 Å². The number of benzene rings is 1. The third-order valence-corrected chi connectivity index (χ3v) is 3.84. The van der Waals surface area contributed by atoms with Crippen LogP contribution in [0, 0.1) is 0 Å². The minimum atomic E-state index is 0.507. The zero-order valence-corrected chi connectivity index (χ0v) is 13.6. The third-order valence-electron chi connectivity index (χ3n) is 3.84. The van der Waals surface area contributed by atoms with Crippen LogP contribution in [0.4, 0.5) is 0 Å². The topological polar surface area (TPSA) is 25.4 Å². The number of rotatable bonds is 9. The Morgan fingerprint density at radius 2 is 1.86 bits per heavy atom. The zero-order valence-electron chi connectivity index (χ0n) is 13.6. The van der Waals surface area contributed by atoms with Crippen molar-refractivity contribution in [2.24, 2.45) is 0 Å². The van der Waals surface area contributed by atoms with E-state index in [4.69, 9.17) is 4.74 Å². The number of nitrogens with zero attached hydrogens (tertiary/aromatic N) is 2. The van der Waals surface area contributed by atoms with Crippen LogP contribution in [0.5, 0.6) is 0 Å². The Kier molecular flexibility index (Phi) is 7.07. The van der Waals surface area contributed by atoms with Crippen LogP contribution in [-0.2, 0) is 11.3 Å². The van der Waals surface area contributed by atoms with Crippen LogP contribution in [0.25, 0.3) is 0 Å². The maximum absolute atomic E-state index is 5.19. The fraction of sp³-hybridized carbons (Fsp3) is 0.421. The van der Waals surface area contributed by atoms with Crippen molar-refractivity contribution in [3.05, 3.63) is 66.0 Å². The molecule has 0 spiro atoms. The molecule has 1 aromatic carbocycles. The second kappa shape index (κ2) is 9.34. The van der Waals surface area contributed by atoms with Gasteiger partial charge in [-0.05, 0) is 30.0 Å². The molecule has 22 heavy (non-hydrogen) atoms. The van der Waals surface area contributed by atoms with Gasteiger partial charge in [0.25, 0.3) is 0 Å². The lowest BCUT2D eigenvalue weighted by molar-refractivity contribution is 0.166. The normalized spacial score (nSPS) is 12.5. The molecule has 0 saturated carbocycles. The molecule has 1 unspecified atom stereocenters. The highest BCUT2D eigenvalue weighted by atomic mass is 16.5. The predicted molar refractivity (Wildman–Crippen MR) is 90.9 cm³/mol. The molecule has 0 saturated heterocycles. The maximum Gasteiger partial charge on any atom is 0.0543 e. The number of hydrogen-bond acceptors (Lipinski definition) is 3. The Morgan fingerprint density at radius 3 is 2.55 bits per heavy atom. The van der Waals surface area contributed by atoms with Gasteiger partial charge >= 0.3 is 0 Å². The number of aromatic nitrogens is 1. The fourth-order valence-corrected chi connectivity index (χ4v) is 2.66. The third kappa shape index (κ3) is 5.58. The molecule has 1 heterocycles. The average Bonchev–Trinajstić information content (AvgIpc) is 2.56. The van der Waals surface area contributed by atoms with Crippen LogP contribution in [0.1, 0.15) is 30.5 Å². The number of ether oxygens (including phenoxy) is 1. The molecule has 0 aliphatic heterocycles. The molecule has 1 aromatic heterocycles. The first-order chi connectivity index (χ1) is 10.8. The van der Waals surface area contributed by atoms with Crippen LogP contribution < -0.4 is 0 Å². The van der Waals surface area contributed by atoms with Gasteiger partial charge in [0.2, 0.25) is 0 Å². The lowest BCUT2D eigenvalue weighted by Gasteiger charge is -2.25. The SMILES string of the molecule is COCCCN(Cc1ccccn1)CC(C)c1ccccc1. The van der Waals surface area contributed by atoms with Crippen molar-refractivity contribution in [2.45, 2.75) is 25.8 Å². The van der Waals surface area contributed by atoms with E-state index in [9.17, 15) is 0 Å². The van der Waals surface area contributed by atoms with Gasteiger partial charge < -0.3 is 4.74 Å². The summed E-state index contributed by atoms with van der Waals surface area (Å²) < 4.78 is 5.19. The van der Waals surface area contributed by atoms with E-state index in [1.165, 1.54) is 5.56 Å². The van der Waals surface area contributed by atoms with E-state index in [2.05, 4.69) is 59.3 Å². The van der Waals surface area contributed by atoms with Crippen molar-refractivity contribution in [2.75, 3.05) is 26.8 Å². The highest BCUT2D eigenvalue weighted by Crippen LogP contribution is 2.17. The Morgan fingerprint density at radius 1 is 1.09 bits per heavy atom. The summed E-state index contributed by atoms with van der Waals surface area (Å²) in [5, 5.41) is 0. The van der Waals surface area contributed by atoms with Gasteiger partial charge in [-0.25, -0.2) is 0 Å². The van der Waals surface area contributed by atoms with E-state index >= 15 is 0 Å². The van der Waals surface area contributed by atoms with Crippen molar-refractivity contribution in [3.8, 4) is 0 Å². The van der Waals surface area contributed by atoms with Crippen LogP contribution in [0.15, 0.2) is 54.7 Å². The van der Waals surface area contributed by atoms with Gasteiger partial charge in [0.05, 0.1) is 5.69 Å². The Balaban J connectivity index is 1.97. The van der Waals surface area contributed by atoms with Gasteiger partial charge in [0, 0.05) is 39.5 Å². The monoisotopic (exact) mass is 298 g/mol. The summed E-state index contributed by atoms with van der Waals surface area (Å²) in [4.78, 5) is 6.93. The molecule has 2 rings (SSSR count). The first kappa shape index (κ1) is 16.7. The molecule has 2 aromatic rings. The molecule has 0 bridgehead atoms. The molecule has 0 amide bonds. The summed E-state index contributed by atoms with van der Waals surface area (Å²) in [5.41, 5.74) is 2.51. The number of hydrogen-bond donors (Lipinski definition) is 0. The van der Waals surface area contributed by atoms with Crippen molar-refractivity contribution in [3.63, 3.8) is 0 Å². The Hall–Kier alpha value is -1.71. The summed E-state index contributed by atoms with van der Waals surface area (Å²) in [6.07, 6.45) is 2.91. The molecule has 0 aliphatic rings. The lowest BCUT2D eigenvalue weighted by atomic mass is 10.0. The van der Waals surface area contributed by atoms with E-state index < -0.39 is 0 Å². The molecular weight excluding hydrogens is 272 g/mol.